The van der Waals surface area contributed by atoms with Crippen LogP contribution in [-0.4, -0.2) is 11.9 Å². The van der Waals surface area contributed by atoms with Crippen molar-refractivity contribution >= 4 is 11.9 Å². The zero-order valence-corrected chi connectivity index (χ0v) is 12.5. The number of carbonyl (C=O) groups is 2. The standard InChI is InChI=1S/C18H18O4/c1-2-3-7-14-10-12-16(13-11-14)18(20)22-21-17(19)15-8-5-4-6-9-15/h4-6,8-13H,2-3,7H2,1H3. The molecule has 2 aromatic rings. The maximum absolute atomic E-state index is 11.8. The Labute approximate surface area is 129 Å². The monoisotopic (exact) mass is 298 g/mol. The summed E-state index contributed by atoms with van der Waals surface area (Å²) in [6.45, 7) is 2.13. The van der Waals surface area contributed by atoms with Crippen LogP contribution in [0.25, 0.3) is 0 Å². The van der Waals surface area contributed by atoms with Crippen LogP contribution in [0.4, 0.5) is 0 Å². The van der Waals surface area contributed by atoms with Crippen LogP contribution >= 0.6 is 0 Å². The van der Waals surface area contributed by atoms with Crippen molar-refractivity contribution in [2.24, 2.45) is 0 Å². The summed E-state index contributed by atoms with van der Waals surface area (Å²) in [6, 6.07) is 15.4. The minimum absolute atomic E-state index is 0.324. The molecule has 0 saturated heterocycles. The highest BCUT2D eigenvalue weighted by molar-refractivity contribution is 5.92. The molecule has 0 heterocycles. The van der Waals surface area contributed by atoms with Crippen molar-refractivity contribution in [1.29, 1.82) is 0 Å². The summed E-state index contributed by atoms with van der Waals surface area (Å²) in [5.74, 6) is -1.39. The Morgan fingerprint density at radius 3 is 1.91 bits per heavy atom. The third-order valence-corrected chi connectivity index (χ3v) is 3.21. The molecule has 0 amide bonds. The lowest BCUT2D eigenvalue weighted by molar-refractivity contribution is -0.187. The molecule has 2 rings (SSSR count). The van der Waals surface area contributed by atoms with Crippen molar-refractivity contribution in [3.63, 3.8) is 0 Å². The zero-order chi connectivity index (χ0) is 15.8. The van der Waals surface area contributed by atoms with Gasteiger partial charge in [-0.25, -0.2) is 19.4 Å². The van der Waals surface area contributed by atoms with E-state index in [0.717, 1.165) is 19.3 Å². The van der Waals surface area contributed by atoms with E-state index in [1.807, 2.05) is 12.1 Å². The van der Waals surface area contributed by atoms with Crippen molar-refractivity contribution < 1.29 is 19.4 Å². The molecular weight excluding hydrogens is 280 g/mol. The molecule has 0 aromatic heterocycles. The summed E-state index contributed by atoms with van der Waals surface area (Å²) >= 11 is 0. The fourth-order valence-electron chi connectivity index (χ4n) is 1.93. The molecule has 0 aliphatic rings. The van der Waals surface area contributed by atoms with Crippen LogP contribution in [0, 0.1) is 0 Å². The first-order valence-electron chi connectivity index (χ1n) is 7.28. The largest absolute Gasteiger partial charge is 0.386 e. The van der Waals surface area contributed by atoms with Crippen LogP contribution < -0.4 is 0 Å². The second-order valence-corrected chi connectivity index (χ2v) is 4.91. The van der Waals surface area contributed by atoms with Gasteiger partial charge in [0.1, 0.15) is 0 Å². The van der Waals surface area contributed by atoms with Gasteiger partial charge in [-0.15, -0.1) is 0 Å². The molecule has 0 aliphatic carbocycles. The molecule has 0 N–H and O–H groups in total. The molecule has 2 aromatic carbocycles. The quantitative estimate of drug-likeness (QED) is 0.619. The fraction of sp³-hybridized carbons (Fsp3) is 0.222. The molecule has 22 heavy (non-hydrogen) atoms. The zero-order valence-electron chi connectivity index (χ0n) is 12.5. The van der Waals surface area contributed by atoms with E-state index < -0.39 is 11.9 Å². The minimum Gasteiger partial charge on any atom is -0.242 e. The van der Waals surface area contributed by atoms with Crippen molar-refractivity contribution in [3.05, 3.63) is 71.3 Å². The Bertz CT molecular complexity index is 617. The topological polar surface area (TPSA) is 52.6 Å². The van der Waals surface area contributed by atoms with Crippen LogP contribution in [-0.2, 0) is 16.2 Å². The normalized spacial score (nSPS) is 10.0. The highest BCUT2D eigenvalue weighted by Gasteiger charge is 2.13. The molecule has 0 bridgehead atoms. The molecule has 0 aliphatic heterocycles. The van der Waals surface area contributed by atoms with Gasteiger partial charge in [0.25, 0.3) is 0 Å². The summed E-state index contributed by atoms with van der Waals surface area (Å²) in [7, 11) is 0. The Balaban J connectivity index is 1.88. The molecular formula is C18H18O4. The number of unbranched alkanes of at least 4 members (excludes halogenated alkanes) is 1. The predicted molar refractivity (Wildman–Crippen MR) is 82.3 cm³/mol. The molecule has 0 fully saturated rings. The van der Waals surface area contributed by atoms with Crippen molar-refractivity contribution in [2.45, 2.75) is 26.2 Å². The summed E-state index contributed by atoms with van der Waals surface area (Å²) < 4.78 is 0. The van der Waals surface area contributed by atoms with E-state index in [-0.39, 0.29) is 0 Å². The molecule has 0 unspecified atom stereocenters. The molecule has 4 heteroatoms. The predicted octanol–water partition coefficient (Wildman–Crippen LogP) is 3.96. The van der Waals surface area contributed by atoms with Gasteiger partial charge < -0.3 is 0 Å². The Morgan fingerprint density at radius 1 is 0.818 bits per heavy atom. The summed E-state index contributed by atoms with van der Waals surface area (Å²) in [6.07, 6.45) is 3.21. The Kier molecular flexibility index (Phi) is 5.72. The lowest BCUT2D eigenvalue weighted by Crippen LogP contribution is -2.11. The van der Waals surface area contributed by atoms with Crippen molar-refractivity contribution in [3.8, 4) is 0 Å². The fourth-order valence-corrected chi connectivity index (χ4v) is 1.93. The first-order chi connectivity index (χ1) is 10.7. The maximum Gasteiger partial charge on any atom is 0.386 e. The van der Waals surface area contributed by atoms with Crippen molar-refractivity contribution in [2.75, 3.05) is 0 Å². The number of aryl methyl sites for hydroxylation is 1. The van der Waals surface area contributed by atoms with E-state index in [0.29, 0.717) is 11.1 Å². The SMILES string of the molecule is CCCCc1ccc(C(=O)OOC(=O)c2ccccc2)cc1. The van der Waals surface area contributed by atoms with Gasteiger partial charge in [-0.2, -0.15) is 0 Å². The van der Waals surface area contributed by atoms with Gasteiger partial charge in [-0.1, -0.05) is 43.7 Å². The van der Waals surface area contributed by atoms with Crippen molar-refractivity contribution in [1.82, 2.24) is 0 Å². The molecule has 114 valence electrons. The van der Waals surface area contributed by atoms with E-state index in [9.17, 15) is 9.59 Å². The van der Waals surface area contributed by atoms with E-state index >= 15 is 0 Å². The van der Waals surface area contributed by atoms with Gasteiger partial charge in [-0.3, -0.25) is 0 Å². The van der Waals surface area contributed by atoms with E-state index in [4.69, 9.17) is 0 Å². The highest BCUT2D eigenvalue weighted by Crippen LogP contribution is 2.10. The van der Waals surface area contributed by atoms with Gasteiger partial charge in [0.05, 0.1) is 11.1 Å². The molecule has 4 nitrogen and oxygen atoms in total. The van der Waals surface area contributed by atoms with Gasteiger partial charge in [0, 0.05) is 0 Å². The smallest absolute Gasteiger partial charge is 0.242 e. The molecule has 0 saturated carbocycles. The van der Waals surface area contributed by atoms with Crippen LogP contribution in [0.1, 0.15) is 46.0 Å². The highest BCUT2D eigenvalue weighted by atomic mass is 17.2. The summed E-state index contributed by atoms with van der Waals surface area (Å²) in [5.41, 5.74) is 1.84. The van der Waals surface area contributed by atoms with Gasteiger partial charge in [0.2, 0.25) is 0 Å². The average molecular weight is 298 g/mol. The van der Waals surface area contributed by atoms with Gasteiger partial charge in [0.15, 0.2) is 0 Å². The summed E-state index contributed by atoms with van der Waals surface area (Å²) in [4.78, 5) is 32.6. The Morgan fingerprint density at radius 2 is 1.36 bits per heavy atom. The van der Waals surface area contributed by atoms with Crippen LogP contribution in [0.5, 0.6) is 0 Å². The van der Waals surface area contributed by atoms with Crippen LogP contribution in [0.3, 0.4) is 0 Å². The average Bonchev–Trinajstić information content (AvgIpc) is 2.58. The Hall–Kier alpha value is -2.62. The van der Waals surface area contributed by atoms with E-state index in [1.165, 1.54) is 5.56 Å². The lowest BCUT2D eigenvalue weighted by Gasteiger charge is -2.04. The van der Waals surface area contributed by atoms with E-state index in [2.05, 4.69) is 16.7 Å². The molecule has 0 radical (unpaired) electrons. The number of hydrogen-bond donors (Lipinski definition) is 0. The second kappa shape index (κ2) is 7.98. The number of carbonyl (C=O) groups excluding carboxylic acids is 2. The third-order valence-electron chi connectivity index (χ3n) is 3.21. The maximum atomic E-state index is 11.8. The number of hydrogen-bond acceptors (Lipinski definition) is 4. The van der Waals surface area contributed by atoms with E-state index in [1.54, 1.807) is 42.5 Å². The molecule has 0 spiro atoms. The van der Waals surface area contributed by atoms with Gasteiger partial charge in [-0.05, 0) is 42.7 Å². The number of rotatable bonds is 5. The summed E-state index contributed by atoms with van der Waals surface area (Å²) in [5, 5.41) is 0. The minimum atomic E-state index is -0.700. The first-order valence-corrected chi connectivity index (χ1v) is 7.28. The second-order valence-electron chi connectivity index (χ2n) is 4.91. The lowest BCUT2D eigenvalue weighted by atomic mass is 10.1. The number of benzene rings is 2. The third kappa shape index (κ3) is 4.45. The van der Waals surface area contributed by atoms with Gasteiger partial charge >= 0.3 is 11.9 Å². The van der Waals surface area contributed by atoms with Crippen LogP contribution in [0.2, 0.25) is 0 Å². The molecule has 0 atom stereocenters. The first kappa shape index (κ1) is 15.8. The van der Waals surface area contributed by atoms with Crippen LogP contribution in [0.15, 0.2) is 54.6 Å².